The van der Waals surface area contributed by atoms with Crippen LogP contribution in [-0.2, 0) is 9.59 Å². The number of piperazine rings is 1. The number of carbonyl (C=O) groups excluding carboxylic acids is 2. The van der Waals surface area contributed by atoms with Crippen LogP contribution in [0.3, 0.4) is 0 Å². The quantitative estimate of drug-likeness (QED) is 0.794. The van der Waals surface area contributed by atoms with Crippen LogP contribution < -0.4 is 10.2 Å². The molecule has 0 aliphatic carbocycles. The van der Waals surface area contributed by atoms with Crippen molar-refractivity contribution >= 4 is 56.6 Å². The molecule has 1 N–H and O–H groups in total. The molecule has 1 saturated heterocycles. The van der Waals surface area contributed by atoms with Crippen molar-refractivity contribution in [3.63, 3.8) is 0 Å². The van der Waals surface area contributed by atoms with Crippen molar-refractivity contribution in [2.75, 3.05) is 11.4 Å². The standard InChI is InChI=1S/C14H15BrCl2N2O2/c1-3-14(4-2)13(21)19(7-10(20)18-14)9-6-5-8(15)11(16)12(9)17/h5-6H,3-4,7H2,1-2H3,(H,18,20). The molecule has 0 bridgehead atoms. The van der Waals surface area contributed by atoms with Crippen LogP contribution in [0.1, 0.15) is 26.7 Å². The monoisotopic (exact) mass is 392 g/mol. The molecule has 21 heavy (non-hydrogen) atoms. The Morgan fingerprint density at radius 1 is 1.24 bits per heavy atom. The molecule has 1 aromatic carbocycles. The van der Waals surface area contributed by atoms with Crippen molar-refractivity contribution in [1.29, 1.82) is 0 Å². The lowest BCUT2D eigenvalue weighted by Gasteiger charge is -2.41. The topological polar surface area (TPSA) is 49.4 Å². The summed E-state index contributed by atoms with van der Waals surface area (Å²) in [5.74, 6) is -0.360. The number of nitrogens with one attached hydrogen (secondary N) is 1. The van der Waals surface area contributed by atoms with E-state index in [1.807, 2.05) is 13.8 Å². The Morgan fingerprint density at radius 3 is 2.43 bits per heavy atom. The van der Waals surface area contributed by atoms with E-state index in [-0.39, 0.29) is 23.4 Å². The number of hydrogen-bond acceptors (Lipinski definition) is 2. The van der Waals surface area contributed by atoms with E-state index in [4.69, 9.17) is 23.2 Å². The Morgan fingerprint density at radius 2 is 1.86 bits per heavy atom. The van der Waals surface area contributed by atoms with Gasteiger partial charge in [-0.1, -0.05) is 37.0 Å². The van der Waals surface area contributed by atoms with E-state index in [9.17, 15) is 9.59 Å². The highest BCUT2D eigenvalue weighted by atomic mass is 79.9. The average molecular weight is 394 g/mol. The highest BCUT2D eigenvalue weighted by Gasteiger charge is 2.45. The predicted molar refractivity (Wildman–Crippen MR) is 88.0 cm³/mol. The van der Waals surface area contributed by atoms with Gasteiger partial charge in [0, 0.05) is 4.47 Å². The molecule has 2 amide bonds. The van der Waals surface area contributed by atoms with Crippen LogP contribution in [0.15, 0.2) is 16.6 Å². The van der Waals surface area contributed by atoms with Gasteiger partial charge in [-0.15, -0.1) is 0 Å². The van der Waals surface area contributed by atoms with Gasteiger partial charge in [0.25, 0.3) is 5.91 Å². The van der Waals surface area contributed by atoms with Crippen LogP contribution >= 0.6 is 39.1 Å². The predicted octanol–water partition coefficient (Wildman–Crippen LogP) is 3.78. The van der Waals surface area contributed by atoms with Crippen LogP contribution in [-0.4, -0.2) is 23.9 Å². The molecular weight excluding hydrogens is 379 g/mol. The highest BCUT2D eigenvalue weighted by Crippen LogP contribution is 2.39. The number of amides is 2. The van der Waals surface area contributed by atoms with E-state index >= 15 is 0 Å². The summed E-state index contributed by atoms with van der Waals surface area (Å²) in [6.07, 6.45) is 1.04. The van der Waals surface area contributed by atoms with Gasteiger partial charge in [-0.05, 0) is 40.9 Å². The molecular formula is C14H15BrCl2N2O2. The Kier molecular flexibility index (Phi) is 4.85. The second kappa shape index (κ2) is 6.15. The molecule has 1 heterocycles. The second-order valence-electron chi connectivity index (χ2n) is 4.92. The van der Waals surface area contributed by atoms with E-state index in [1.165, 1.54) is 4.90 Å². The Hall–Kier alpha value is -0.780. The van der Waals surface area contributed by atoms with Gasteiger partial charge in [0.15, 0.2) is 0 Å². The van der Waals surface area contributed by atoms with Gasteiger partial charge in [0.2, 0.25) is 5.91 Å². The van der Waals surface area contributed by atoms with Crippen LogP contribution in [0.25, 0.3) is 0 Å². The molecule has 0 radical (unpaired) electrons. The van der Waals surface area contributed by atoms with Crippen molar-refractivity contribution in [3.05, 3.63) is 26.7 Å². The average Bonchev–Trinajstić information content (AvgIpc) is 2.47. The second-order valence-corrected chi connectivity index (χ2v) is 6.53. The molecule has 1 aromatic rings. The maximum atomic E-state index is 12.8. The number of rotatable bonds is 3. The number of halogens is 3. The third kappa shape index (κ3) is 2.79. The first-order valence-electron chi connectivity index (χ1n) is 6.62. The van der Waals surface area contributed by atoms with E-state index in [0.717, 1.165) is 0 Å². The molecule has 0 aromatic heterocycles. The van der Waals surface area contributed by atoms with Crippen LogP contribution in [0.5, 0.6) is 0 Å². The Labute approximate surface area is 141 Å². The Bertz CT molecular complexity index is 603. The number of carbonyl (C=O) groups is 2. The smallest absolute Gasteiger partial charge is 0.253 e. The first-order valence-corrected chi connectivity index (χ1v) is 8.17. The fourth-order valence-electron chi connectivity index (χ4n) is 2.48. The molecule has 7 heteroatoms. The van der Waals surface area contributed by atoms with Gasteiger partial charge in [-0.2, -0.15) is 0 Å². The first kappa shape index (κ1) is 16.6. The summed E-state index contributed by atoms with van der Waals surface area (Å²) in [6, 6.07) is 3.40. The van der Waals surface area contributed by atoms with Crippen LogP contribution in [0.4, 0.5) is 5.69 Å². The molecule has 0 saturated carbocycles. The summed E-state index contributed by atoms with van der Waals surface area (Å²) >= 11 is 15.6. The maximum Gasteiger partial charge on any atom is 0.253 e. The van der Waals surface area contributed by atoms with Gasteiger partial charge < -0.3 is 5.32 Å². The van der Waals surface area contributed by atoms with Crippen LogP contribution in [0.2, 0.25) is 10.0 Å². The zero-order chi connectivity index (χ0) is 15.8. The van der Waals surface area contributed by atoms with E-state index in [0.29, 0.717) is 28.0 Å². The molecule has 2 rings (SSSR count). The SMILES string of the molecule is CCC1(CC)NC(=O)CN(c2ccc(Br)c(Cl)c2Cl)C1=O. The molecule has 4 nitrogen and oxygen atoms in total. The minimum atomic E-state index is -0.877. The molecule has 1 fully saturated rings. The number of benzene rings is 1. The number of hydrogen-bond donors (Lipinski definition) is 1. The lowest BCUT2D eigenvalue weighted by molar-refractivity contribution is -0.136. The molecule has 1 aliphatic rings. The summed E-state index contributed by atoms with van der Waals surface area (Å²) in [6.45, 7) is 3.70. The summed E-state index contributed by atoms with van der Waals surface area (Å²) in [4.78, 5) is 26.2. The summed E-state index contributed by atoms with van der Waals surface area (Å²) in [5.41, 5.74) is -0.422. The largest absolute Gasteiger partial charge is 0.340 e. The molecule has 0 unspecified atom stereocenters. The lowest BCUT2D eigenvalue weighted by Crippen LogP contribution is -2.66. The fraction of sp³-hybridized carbons (Fsp3) is 0.429. The minimum absolute atomic E-state index is 0.0573. The maximum absolute atomic E-state index is 12.8. The van der Waals surface area contributed by atoms with Crippen molar-refractivity contribution in [2.45, 2.75) is 32.2 Å². The fourth-order valence-corrected chi connectivity index (χ4v) is 3.35. The zero-order valence-corrected chi connectivity index (χ0v) is 14.8. The minimum Gasteiger partial charge on any atom is -0.340 e. The normalized spacial score (nSPS) is 17.9. The number of anilines is 1. The van der Waals surface area contributed by atoms with Crippen molar-refractivity contribution in [2.24, 2.45) is 0 Å². The number of nitrogens with zero attached hydrogens (tertiary/aromatic N) is 1. The third-order valence-electron chi connectivity index (χ3n) is 3.85. The van der Waals surface area contributed by atoms with E-state index in [1.54, 1.807) is 12.1 Å². The zero-order valence-electron chi connectivity index (χ0n) is 11.7. The van der Waals surface area contributed by atoms with Crippen molar-refractivity contribution < 1.29 is 9.59 Å². The molecule has 114 valence electrons. The summed E-state index contributed by atoms with van der Waals surface area (Å²) in [7, 11) is 0. The van der Waals surface area contributed by atoms with Crippen molar-refractivity contribution in [1.82, 2.24) is 5.32 Å². The van der Waals surface area contributed by atoms with Gasteiger partial charge in [0.1, 0.15) is 12.1 Å². The van der Waals surface area contributed by atoms with Crippen LogP contribution in [0, 0.1) is 0 Å². The Balaban J connectivity index is 2.51. The van der Waals surface area contributed by atoms with Gasteiger partial charge in [-0.25, -0.2) is 0 Å². The summed E-state index contributed by atoms with van der Waals surface area (Å²) in [5, 5.41) is 3.39. The van der Waals surface area contributed by atoms with Gasteiger partial charge >= 0.3 is 0 Å². The first-order chi connectivity index (χ1) is 9.86. The molecule has 0 atom stereocenters. The van der Waals surface area contributed by atoms with Gasteiger partial charge in [-0.3, -0.25) is 14.5 Å². The molecule has 0 spiro atoms. The van der Waals surface area contributed by atoms with Gasteiger partial charge in [0.05, 0.1) is 15.7 Å². The van der Waals surface area contributed by atoms with Crippen molar-refractivity contribution in [3.8, 4) is 0 Å². The third-order valence-corrected chi connectivity index (χ3v) is 5.61. The van der Waals surface area contributed by atoms with E-state index < -0.39 is 5.54 Å². The lowest BCUT2D eigenvalue weighted by atomic mass is 9.88. The molecule has 1 aliphatic heterocycles. The summed E-state index contributed by atoms with van der Waals surface area (Å²) < 4.78 is 0.643. The highest BCUT2D eigenvalue weighted by molar-refractivity contribution is 9.10. The van der Waals surface area contributed by atoms with E-state index in [2.05, 4.69) is 21.2 Å².